The van der Waals surface area contributed by atoms with Crippen LogP contribution in [-0.2, 0) is 6.61 Å². The molecular weight excluding hydrogens is 391 g/mol. The quantitative estimate of drug-likeness (QED) is 0.573. The molecule has 1 aliphatic rings. The predicted molar refractivity (Wildman–Crippen MR) is 114 cm³/mol. The third-order valence-electron chi connectivity index (χ3n) is 5.57. The summed E-state index contributed by atoms with van der Waals surface area (Å²) >= 11 is 1.36. The standard InChI is InChI=1S/C21H25FN4O2S/c1-13-17(11-28)21(23-15-3-2-6-26(10-15)7-8-27)25-24-20(13)14-4-5-16-18(22)12-29-19(16)9-14/h4-5,9,12,15,27-28H,2-3,6-8,10-11H2,1H3,(H,23,25)/t15-/m1/s1. The summed E-state index contributed by atoms with van der Waals surface area (Å²) in [4.78, 5) is 2.23. The van der Waals surface area contributed by atoms with Gasteiger partial charge in [-0.1, -0.05) is 6.07 Å². The zero-order chi connectivity index (χ0) is 20.4. The highest BCUT2D eigenvalue weighted by molar-refractivity contribution is 7.17. The first kappa shape index (κ1) is 20.2. The molecule has 0 saturated carbocycles. The van der Waals surface area contributed by atoms with Crippen LogP contribution in [-0.4, -0.2) is 57.6 Å². The van der Waals surface area contributed by atoms with Crippen LogP contribution in [0.3, 0.4) is 0 Å². The van der Waals surface area contributed by atoms with E-state index in [1.807, 2.05) is 19.1 Å². The maximum absolute atomic E-state index is 13.8. The fraction of sp³-hybridized carbons (Fsp3) is 0.429. The van der Waals surface area contributed by atoms with Gasteiger partial charge in [0.25, 0.3) is 0 Å². The Morgan fingerprint density at radius 2 is 2.17 bits per heavy atom. The van der Waals surface area contributed by atoms with Crippen LogP contribution in [0.25, 0.3) is 21.3 Å². The lowest BCUT2D eigenvalue weighted by molar-refractivity contribution is 0.166. The van der Waals surface area contributed by atoms with E-state index in [0.29, 0.717) is 23.4 Å². The number of rotatable bonds is 6. The van der Waals surface area contributed by atoms with Gasteiger partial charge in [0.15, 0.2) is 5.82 Å². The van der Waals surface area contributed by atoms with E-state index in [1.165, 1.54) is 16.7 Å². The molecule has 0 spiro atoms. The second-order valence-electron chi connectivity index (χ2n) is 7.46. The van der Waals surface area contributed by atoms with Gasteiger partial charge in [-0.2, -0.15) is 0 Å². The third kappa shape index (κ3) is 4.11. The number of hydrogen-bond acceptors (Lipinski definition) is 7. The van der Waals surface area contributed by atoms with Crippen LogP contribution < -0.4 is 5.32 Å². The van der Waals surface area contributed by atoms with Gasteiger partial charge in [0.05, 0.1) is 18.9 Å². The van der Waals surface area contributed by atoms with Gasteiger partial charge in [-0.15, -0.1) is 21.5 Å². The van der Waals surface area contributed by atoms with Gasteiger partial charge in [-0.25, -0.2) is 4.39 Å². The van der Waals surface area contributed by atoms with E-state index in [1.54, 1.807) is 6.07 Å². The van der Waals surface area contributed by atoms with Crippen molar-refractivity contribution in [1.82, 2.24) is 15.1 Å². The Bertz CT molecular complexity index is 1010. The van der Waals surface area contributed by atoms with Crippen molar-refractivity contribution >= 4 is 27.2 Å². The van der Waals surface area contributed by atoms with E-state index in [4.69, 9.17) is 0 Å². The molecule has 4 rings (SSSR count). The third-order valence-corrected chi connectivity index (χ3v) is 6.48. The number of nitrogens with zero attached hydrogens (tertiary/aromatic N) is 3. The summed E-state index contributed by atoms with van der Waals surface area (Å²) in [5, 5.41) is 33.5. The number of β-amino-alcohol motifs (C(OH)–C–C–N with tert-alkyl or cyclic N) is 1. The molecule has 1 atom stereocenters. The molecule has 8 heteroatoms. The first-order chi connectivity index (χ1) is 14.1. The van der Waals surface area contributed by atoms with Gasteiger partial charge in [0, 0.05) is 45.7 Å². The van der Waals surface area contributed by atoms with Crippen molar-refractivity contribution in [1.29, 1.82) is 0 Å². The molecule has 1 aromatic carbocycles. The Morgan fingerprint density at radius 3 is 2.97 bits per heavy atom. The van der Waals surface area contributed by atoms with E-state index in [2.05, 4.69) is 20.4 Å². The minimum absolute atomic E-state index is 0.139. The van der Waals surface area contributed by atoms with Gasteiger partial charge >= 0.3 is 0 Å². The van der Waals surface area contributed by atoms with Gasteiger partial charge in [-0.3, -0.25) is 4.90 Å². The van der Waals surface area contributed by atoms with Crippen molar-refractivity contribution in [3.8, 4) is 11.3 Å². The van der Waals surface area contributed by atoms with Gasteiger partial charge < -0.3 is 15.5 Å². The molecule has 154 valence electrons. The molecule has 6 nitrogen and oxygen atoms in total. The molecule has 3 heterocycles. The lowest BCUT2D eigenvalue weighted by Gasteiger charge is -2.33. The largest absolute Gasteiger partial charge is 0.395 e. The summed E-state index contributed by atoms with van der Waals surface area (Å²) in [7, 11) is 0. The number of aliphatic hydroxyl groups excluding tert-OH is 2. The maximum atomic E-state index is 13.8. The van der Waals surface area contributed by atoms with E-state index in [0.717, 1.165) is 47.3 Å². The number of halogens is 1. The normalized spacial score (nSPS) is 17.7. The van der Waals surface area contributed by atoms with E-state index < -0.39 is 0 Å². The Balaban J connectivity index is 1.61. The fourth-order valence-electron chi connectivity index (χ4n) is 3.99. The number of likely N-dealkylation sites (tertiary alicyclic amines) is 1. The van der Waals surface area contributed by atoms with Crippen LogP contribution in [0, 0.1) is 12.7 Å². The molecule has 1 fully saturated rings. The number of benzene rings is 1. The lowest BCUT2D eigenvalue weighted by Crippen LogP contribution is -2.43. The van der Waals surface area contributed by atoms with E-state index >= 15 is 0 Å². The first-order valence-corrected chi connectivity index (χ1v) is 10.7. The summed E-state index contributed by atoms with van der Waals surface area (Å²) in [6.45, 7) is 4.43. The van der Waals surface area contributed by atoms with Crippen molar-refractivity contribution in [3.63, 3.8) is 0 Å². The molecule has 29 heavy (non-hydrogen) atoms. The topological polar surface area (TPSA) is 81.5 Å². The van der Waals surface area contributed by atoms with Crippen molar-refractivity contribution in [3.05, 3.63) is 40.5 Å². The van der Waals surface area contributed by atoms with Crippen molar-refractivity contribution < 1.29 is 14.6 Å². The van der Waals surface area contributed by atoms with Gasteiger partial charge in [-0.05, 0) is 44.0 Å². The molecule has 1 saturated heterocycles. The molecule has 0 aliphatic carbocycles. The van der Waals surface area contributed by atoms with Gasteiger partial charge in [0.1, 0.15) is 5.82 Å². The zero-order valence-electron chi connectivity index (χ0n) is 16.4. The predicted octanol–water partition coefficient (Wildman–Crippen LogP) is 3.17. The second kappa shape index (κ2) is 8.71. The number of anilines is 1. The molecule has 3 aromatic rings. The molecule has 0 radical (unpaired) electrons. The lowest BCUT2D eigenvalue weighted by atomic mass is 10.0. The fourth-order valence-corrected chi connectivity index (χ4v) is 4.84. The first-order valence-electron chi connectivity index (χ1n) is 9.84. The SMILES string of the molecule is Cc1c(-c2ccc3c(F)csc3c2)nnc(N[C@@H]2CCCN(CCO)C2)c1CO. The number of aliphatic hydroxyl groups is 2. The number of piperidine rings is 1. The monoisotopic (exact) mass is 416 g/mol. The van der Waals surface area contributed by atoms with Crippen LogP contribution in [0.4, 0.5) is 10.2 Å². The summed E-state index contributed by atoms with van der Waals surface area (Å²) in [5.41, 5.74) is 3.15. The minimum Gasteiger partial charge on any atom is -0.395 e. The maximum Gasteiger partial charge on any atom is 0.154 e. The molecule has 3 N–H and O–H groups in total. The number of nitrogens with one attached hydrogen (secondary N) is 1. The molecule has 2 aromatic heterocycles. The van der Waals surface area contributed by atoms with Crippen LogP contribution in [0.15, 0.2) is 23.6 Å². The van der Waals surface area contributed by atoms with Crippen LogP contribution in [0.2, 0.25) is 0 Å². The minimum atomic E-state index is -0.210. The van der Waals surface area contributed by atoms with Crippen molar-refractivity contribution in [2.75, 3.05) is 31.6 Å². The number of aromatic nitrogens is 2. The number of thiophene rings is 1. The van der Waals surface area contributed by atoms with Gasteiger partial charge in [0.2, 0.25) is 0 Å². The summed E-state index contributed by atoms with van der Waals surface area (Å²) in [6, 6.07) is 5.73. The smallest absolute Gasteiger partial charge is 0.154 e. The van der Waals surface area contributed by atoms with Crippen molar-refractivity contribution in [2.24, 2.45) is 0 Å². The highest BCUT2D eigenvalue weighted by Gasteiger charge is 2.22. The Hall–Kier alpha value is -2.13. The number of fused-ring (bicyclic) bond motifs is 1. The Labute approximate surface area is 173 Å². The highest BCUT2D eigenvalue weighted by atomic mass is 32.1. The number of hydrogen-bond donors (Lipinski definition) is 3. The molecule has 0 bridgehead atoms. The van der Waals surface area contributed by atoms with Crippen LogP contribution in [0.5, 0.6) is 0 Å². The summed E-state index contributed by atoms with van der Waals surface area (Å²) in [6.07, 6.45) is 2.06. The van der Waals surface area contributed by atoms with Crippen LogP contribution in [0.1, 0.15) is 24.0 Å². The Kier molecular flexibility index (Phi) is 6.05. The highest BCUT2D eigenvalue weighted by Crippen LogP contribution is 2.32. The molecule has 0 unspecified atom stereocenters. The molecular formula is C21H25FN4O2S. The van der Waals surface area contributed by atoms with Crippen molar-refractivity contribution in [2.45, 2.75) is 32.4 Å². The molecule has 0 amide bonds. The van der Waals surface area contributed by atoms with E-state index in [9.17, 15) is 14.6 Å². The van der Waals surface area contributed by atoms with Crippen LogP contribution >= 0.6 is 11.3 Å². The summed E-state index contributed by atoms with van der Waals surface area (Å²) in [5.74, 6) is 0.394. The summed E-state index contributed by atoms with van der Waals surface area (Å²) < 4.78 is 14.6. The Morgan fingerprint density at radius 1 is 1.31 bits per heavy atom. The molecule has 1 aliphatic heterocycles. The average Bonchev–Trinajstić information content (AvgIpc) is 3.09. The van der Waals surface area contributed by atoms with E-state index in [-0.39, 0.29) is 25.1 Å². The average molecular weight is 417 g/mol. The second-order valence-corrected chi connectivity index (χ2v) is 8.37. The zero-order valence-corrected chi connectivity index (χ0v) is 17.2.